The van der Waals surface area contributed by atoms with Gasteiger partial charge in [-0.05, 0) is 39.0 Å². The summed E-state index contributed by atoms with van der Waals surface area (Å²) in [5, 5.41) is 2.61. The summed E-state index contributed by atoms with van der Waals surface area (Å²) in [5.74, 6) is 1.65. The SMILES string of the molecule is CC(C)(C)OC(=O)NCCC(=O)N1CC2CC2C1. The molecule has 1 aliphatic carbocycles. The van der Waals surface area contributed by atoms with Crippen molar-refractivity contribution in [2.24, 2.45) is 11.8 Å². The van der Waals surface area contributed by atoms with Crippen LogP contribution in [-0.2, 0) is 9.53 Å². The van der Waals surface area contributed by atoms with E-state index in [-0.39, 0.29) is 5.91 Å². The molecular formula is C13H22N2O3. The average molecular weight is 254 g/mol. The van der Waals surface area contributed by atoms with Crippen LogP contribution in [-0.4, -0.2) is 42.1 Å². The Morgan fingerprint density at radius 2 is 1.89 bits per heavy atom. The molecule has 0 aromatic heterocycles. The highest BCUT2D eigenvalue weighted by atomic mass is 16.6. The minimum atomic E-state index is -0.496. The lowest BCUT2D eigenvalue weighted by Gasteiger charge is -2.20. The maximum absolute atomic E-state index is 11.8. The van der Waals surface area contributed by atoms with Crippen LogP contribution in [0.15, 0.2) is 0 Å². The molecule has 5 nitrogen and oxygen atoms in total. The summed E-state index contributed by atoms with van der Waals surface area (Å²) in [4.78, 5) is 25.1. The van der Waals surface area contributed by atoms with Crippen molar-refractivity contribution in [3.8, 4) is 0 Å². The highest BCUT2D eigenvalue weighted by Gasteiger charge is 2.46. The quantitative estimate of drug-likeness (QED) is 0.827. The molecule has 0 aromatic rings. The van der Waals surface area contributed by atoms with Crippen LogP contribution in [0, 0.1) is 11.8 Å². The van der Waals surface area contributed by atoms with Crippen molar-refractivity contribution in [1.29, 1.82) is 0 Å². The van der Waals surface area contributed by atoms with Crippen molar-refractivity contribution in [1.82, 2.24) is 10.2 Å². The first-order chi connectivity index (χ1) is 8.35. The first-order valence-electron chi connectivity index (χ1n) is 6.60. The number of fused-ring (bicyclic) bond motifs is 1. The van der Waals surface area contributed by atoms with Gasteiger partial charge < -0.3 is 15.0 Å². The molecule has 2 atom stereocenters. The number of hydrogen-bond acceptors (Lipinski definition) is 3. The molecule has 0 bridgehead atoms. The van der Waals surface area contributed by atoms with Gasteiger partial charge in [0.1, 0.15) is 5.60 Å². The third kappa shape index (κ3) is 3.62. The predicted octanol–water partition coefficient (Wildman–Crippen LogP) is 1.38. The maximum atomic E-state index is 11.8. The van der Waals surface area contributed by atoms with E-state index in [1.54, 1.807) is 0 Å². The zero-order chi connectivity index (χ0) is 13.3. The van der Waals surface area contributed by atoms with Crippen molar-refractivity contribution in [2.75, 3.05) is 19.6 Å². The molecule has 18 heavy (non-hydrogen) atoms. The summed E-state index contributed by atoms with van der Waals surface area (Å²) in [6, 6.07) is 0. The van der Waals surface area contributed by atoms with Crippen molar-refractivity contribution in [3.63, 3.8) is 0 Å². The van der Waals surface area contributed by atoms with Gasteiger partial charge in [-0.15, -0.1) is 0 Å². The second-order valence-corrected chi connectivity index (χ2v) is 6.23. The van der Waals surface area contributed by atoms with Crippen LogP contribution in [0.5, 0.6) is 0 Å². The molecule has 0 aromatic carbocycles. The fourth-order valence-corrected chi connectivity index (χ4v) is 2.35. The predicted molar refractivity (Wildman–Crippen MR) is 67.0 cm³/mol. The maximum Gasteiger partial charge on any atom is 0.407 e. The molecule has 1 saturated heterocycles. The number of hydrogen-bond donors (Lipinski definition) is 1. The van der Waals surface area contributed by atoms with Crippen molar-refractivity contribution in [2.45, 2.75) is 39.2 Å². The van der Waals surface area contributed by atoms with E-state index in [4.69, 9.17) is 4.74 Å². The molecule has 2 amide bonds. The lowest BCUT2D eigenvalue weighted by atomic mass is 10.2. The molecule has 0 spiro atoms. The average Bonchev–Trinajstić information content (AvgIpc) is 2.83. The molecule has 1 saturated carbocycles. The number of carbonyl (C=O) groups is 2. The summed E-state index contributed by atoms with van der Waals surface area (Å²) < 4.78 is 5.09. The lowest BCUT2D eigenvalue weighted by molar-refractivity contribution is -0.130. The monoisotopic (exact) mass is 254 g/mol. The third-order valence-electron chi connectivity index (χ3n) is 3.34. The Bertz CT molecular complexity index is 339. The number of nitrogens with one attached hydrogen (secondary N) is 1. The van der Waals surface area contributed by atoms with Crippen LogP contribution in [0.3, 0.4) is 0 Å². The van der Waals surface area contributed by atoms with Crippen LogP contribution in [0.25, 0.3) is 0 Å². The van der Waals surface area contributed by atoms with Crippen LogP contribution < -0.4 is 5.32 Å². The van der Waals surface area contributed by atoms with Gasteiger partial charge in [-0.1, -0.05) is 0 Å². The van der Waals surface area contributed by atoms with Crippen LogP contribution >= 0.6 is 0 Å². The molecule has 2 unspecified atom stereocenters. The molecule has 102 valence electrons. The Balaban J connectivity index is 1.60. The van der Waals surface area contributed by atoms with Crippen LogP contribution in [0.1, 0.15) is 33.6 Å². The Hall–Kier alpha value is -1.26. The minimum Gasteiger partial charge on any atom is -0.444 e. The Kier molecular flexibility index (Phi) is 3.50. The van der Waals surface area contributed by atoms with E-state index in [0.29, 0.717) is 13.0 Å². The normalized spacial score (nSPS) is 25.6. The Labute approximate surface area is 108 Å². The molecule has 5 heteroatoms. The van der Waals surface area contributed by atoms with E-state index in [2.05, 4.69) is 5.32 Å². The molecule has 1 aliphatic heterocycles. The smallest absolute Gasteiger partial charge is 0.407 e. The standard InChI is InChI=1S/C13H22N2O3/c1-13(2,3)18-12(17)14-5-4-11(16)15-7-9-6-10(9)8-15/h9-10H,4-8H2,1-3H3,(H,14,17). The fraction of sp³-hybridized carbons (Fsp3) is 0.846. The fourth-order valence-electron chi connectivity index (χ4n) is 2.35. The highest BCUT2D eigenvalue weighted by molar-refractivity contribution is 5.77. The summed E-state index contributed by atoms with van der Waals surface area (Å²) in [5.41, 5.74) is -0.496. The summed E-state index contributed by atoms with van der Waals surface area (Å²) >= 11 is 0. The van der Waals surface area contributed by atoms with Gasteiger partial charge in [0.05, 0.1) is 0 Å². The van der Waals surface area contributed by atoms with Crippen molar-refractivity contribution in [3.05, 3.63) is 0 Å². The van der Waals surface area contributed by atoms with E-state index in [0.717, 1.165) is 24.9 Å². The van der Waals surface area contributed by atoms with Gasteiger partial charge in [-0.3, -0.25) is 4.79 Å². The van der Waals surface area contributed by atoms with Gasteiger partial charge in [-0.2, -0.15) is 0 Å². The van der Waals surface area contributed by atoms with Crippen LogP contribution in [0.2, 0.25) is 0 Å². The molecule has 2 rings (SSSR count). The summed E-state index contributed by atoms with van der Waals surface area (Å²) in [6.45, 7) is 7.61. The highest BCUT2D eigenvalue weighted by Crippen LogP contribution is 2.44. The number of carbonyl (C=O) groups excluding carboxylic acids is 2. The van der Waals surface area contributed by atoms with Gasteiger partial charge >= 0.3 is 6.09 Å². The van der Waals surface area contributed by atoms with E-state index in [1.807, 2.05) is 25.7 Å². The second kappa shape index (κ2) is 4.78. The number of rotatable bonds is 3. The zero-order valence-corrected chi connectivity index (χ0v) is 11.4. The lowest BCUT2D eigenvalue weighted by Crippen LogP contribution is -2.36. The van der Waals surface area contributed by atoms with E-state index in [9.17, 15) is 9.59 Å². The zero-order valence-electron chi connectivity index (χ0n) is 11.4. The summed E-state index contributed by atoms with van der Waals surface area (Å²) in [7, 11) is 0. The third-order valence-corrected chi connectivity index (χ3v) is 3.34. The first-order valence-corrected chi connectivity index (χ1v) is 6.60. The number of nitrogens with zero attached hydrogens (tertiary/aromatic N) is 1. The topological polar surface area (TPSA) is 58.6 Å². The molecule has 1 N–H and O–H groups in total. The molecular weight excluding hydrogens is 232 g/mol. The number of ether oxygens (including phenoxy) is 1. The molecule has 0 radical (unpaired) electrons. The van der Waals surface area contributed by atoms with Gasteiger partial charge in [0.15, 0.2) is 0 Å². The molecule has 1 heterocycles. The van der Waals surface area contributed by atoms with Gasteiger partial charge in [0.25, 0.3) is 0 Å². The van der Waals surface area contributed by atoms with E-state index < -0.39 is 11.7 Å². The Morgan fingerprint density at radius 3 is 2.44 bits per heavy atom. The number of alkyl carbamates (subject to hydrolysis) is 1. The van der Waals surface area contributed by atoms with Crippen molar-refractivity contribution >= 4 is 12.0 Å². The molecule has 2 aliphatic rings. The van der Waals surface area contributed by atoms with Crippen LogP contribution in [0.4, 0.5) is 4.79 Å². The number of likely N-dealkylation sites (tertiary alicyclic amines) is 1. The van der Waals surface area contributed by atoms with Gasteiger partial charge in [0.2, 0.25) is 5.91 Å². The van der Waals surface area contributed by atoms with Crippen molar-refractivity contribution < 1.29 is 14.3 Å². The molecule has 2 fully saturated rings. The van der Waals surface area contributed by atoms with E-state index in [1.165, 1.54) is 6.42 Å². The van der Waals surface area contributed by atoms with Gasteiger partial charge in [-0.25, -0.2) is 4.79 Å². The minimum absolute atomic E-state index is 0.137. The largest absolute Gasteiger partial charge is 0.444 e. The summed E-state index contributed by atoms with van der Waals surface area (Å²) in [6.07, 6.45) is 1.19. The van der Waals surface area contributed by atoms with Gasteiger partial charge in [0, 0.05) is 26.1 Å². The Morgan fingerprint density at radius 1 is 1.28 bits per heavy atom. The second-order valence-electron chi connectivity index (χ2n) is 6.23. The number of piperidine rings is 1. The van der Waals surface area contributed by atoms with E-state index >= 15 is 0 Å². The first kappa shape index (κ1) is 13.2. The number of amides is 2.